The molecule has 0 heterocycles. The highest BCUT2D eigenvalue weighted by atomic mass is 32.2. The van der Waals surface area contributed by atoms with Crippen LogP contribution in [0.15, 0.2) is 23.1 Å². The van der Waals surface area contributed by atoms with E-state index in [1.165, 1.54) is 7.05 Å². The molecule has 0 bridgehead atoms. The van der Waals surface area contributed by atoms with Crippen LogP contribution < -0.4 is 10.0 Å². The maximum atomic E-state index is 11.7. The van der Waals surface area contributed by atoms with Crippen LogP contribution in [0.2, 0.25) is 0 Å². The predicted molar refractivity (Wildman–Crippen MR) is 77.0 cm³/mol. The molecule has 0 saturated heterocycles. The first kappa shape index (κ1) is 15.9. The third kappa shape index (κ3) is 4.49. The van der Waals surface area contributed by atoms with Crippen molar-refractivity contribution in [1.29, 1.82) is 0 Å². The van der Waals surface area contributed by atoms with Crippen LogP contribution in [0.3, 0.4) is 0 Å². The summed E-state index contributed by atoms with van der Waals surface area (Å²) in [5, 5.41) is 3.26. The first-order valence-electron chi connectivity index (χ1n) is 6.17. The Morgan fingerprint density at radius 1 is 1.37 bits per heavy atom. The largest absolute Gasteiger partial charge is 0.384 e. The molecule has 1 unspecified atom stereocenters. The van der Waals surface area contributed by atoms with Gasteiger partial charge in [-0.05, 0) is 37.6 Å². The van der Waals surface area contributed by atoms with Crippen molar-refractivity contribution in [3.8, 4) is 0 Å². The summed E-state index contributed by atoms with van der Waals surface area (Å²) in [5.41, 5.74) is 1.85. The molecule has 19 heavy (non-hydrogen) atoms. The Morgan fingerprint density at radius 2 is 2.05 bits per heavy atom. The molecule has 0 spiro atoms. The van der Waals surface area contributed by atoms with Gasteiger partial charge in [-0.25, -0.2) is 13.1 Å². The van der Waals surface area contributed by atoms with E-state index in [1.807, 2.05) is 6.92 Å². The van der Waals surface area contributed by atoms with Crippen LogP contribution in [0, 0.1) is 12.8 Å². The van der Waals surface area contributed by atoms with Crippen molar-refractivity contribution in [3.63, 3.8) is 0 Å². The minimum atomic E-state index is -3.40. The Bertz CT molecular complexity index is 515. The summed E-state index contributed by atoms with van der Waals surface area (Å²) in [6, 6.07) is 5.05. The zero-order valence-electron chi connectivity index (χ0n) is 11.9. The van der Waals surface area contributed by atoms with Crippen LogP contribution in [-0.2, 0) is 14.8 Å². The lowest BCUT2D eigenvalue weighted by molar-refractivity contribution is 0.164. The van der Waals surface area contributed by atoms with Gasteiger partial charge in [0.05, 0.1) is 11.5 Å². The first-order chi connectivity index (χ1) is 8.90. The Morgan fingerprint density at radius 3 is 2.63 bits per heavy atom. The molecule has 0 aromatic heterocycles. The van der Waals surface area contributed by atoms with Crippen LogP contribution in [0.1, 0.15) is 12.5 Å². The molecule has 1 aromatic carbocycles. The highest BCUT2D eigenvalue weighted by molar-refractivity contribution is 7.89. The molecule has 1 atom stereocenters. The van der Waals surface area contributed by atoms with Crippen molar-refractivity contribution in [3.05, 3.63) is 23.8 Å². The van der Waals surface area contributed by atoms with Crippen molar-refractivity contribution >= 4 is 15.7 Å². The molecule has 2 N–H and O–H groups in total. The van der Waals surface area contributed by atoms with Crippen LogP contribution >= 0.6 is 0 Å². The zero-order valence-corrected chi connectivity index (χ0v) is 12.7. The summed E-state index contributed by atoms with van der Waals surface area (Å²) < 4.78 is 30.9. The van der Waals surface area contributed by atoms with Crippen LogP contribution in [-0.4, -0.2) is 35.7 Å². The lowest BCUT2D eigenvalue weighted by Gasteiger charge is -2.15. The summed E-state index contributed by atoms with van der Waals surface area (Å²) in [7, 11) is -0.327. The molecule has 0 aliphatic heterocycles. The fourth-order valence-electron chi connectivity index (χ4n) is 1.70. The van der Waals surface area contributed by atoms with E-state index in [1.54, 1.807) is 25.3 Å². The quantitative estimate of drug-likeness (QED) is 0.799. The summed E-state index contributed by atoms with van der Waals surface area (Å²) >= 11 is 0. The average molecular weight is 286 g/mol. The second-order valence-corrected chi connectivity index (χ2v) is 6.51. The topological polar surface area (TPSA) is 67.4 Å². The number of sulfonamides is 1. The van der Waals surface area contributed by atoms with E-state index in [2.05, 4.69) is 17.0 Å². The van der Waals surface area contributed by atoms with Gasteiger partial charge < -0.3 is 10.1 Å². The average Bonchev–Trinajstić information content (AvgIpc) is 2.38. The van der Waals surface area contributed by atoms with E-state index < -0.39 is 10.0 Å². The van der Waals surface area contributed by atoms with Crippen molar-refractivity contribution in [2.24, 2.45) is 5.92 Å². The monoisotopic (exact) mass is 286 g/mol. The van der Waals surface area contributed by atoms with Gasteiger partial charge in [0.25, 0.3) is 0 Å². The van der Waals surface area contributed by atoms with Gasteiger partial charge in [-0.3, -0.25) is 0 Å². The lowest BCUT2D eigenvalue weighted by atomic mass is 10.1. The van der Waals surface area contributed by atoms with Crippen molar-refractivity contribution in [1.82, 2.24) is 4.72 Å². The van der Waals surface area contributed by atoms with Gasteiger partial charge in [0.15, 0.2) is 0 Å². The van der Waals surface area contributed by atoms with E-state index in [0.717, 1.165) is 17.8 Å². The van der Waals surface area contributed by atoms with E-state index in [0.29, 0.717) is 12.5 Å². The second kappa shape index (κ2) is 6.88. The zero-order chi connectivity index (χ0) is 14.5. The molecule has 0 saturated carbocycles. The maximum Gasteiger partial charge on any atom is 0.240 e. The predicted octanol–water partition coefficient (Wildman–Crippen LogP) is 1.60. The number of aryl methyl sites for hydroxylation is 1. The van der Waals surface area contributed by atoms with Gasteiger partial charge in [-0.2, -0.15) is 0 Å². The van der Waals surface area contributed by atoms with Crippen LogP contribution in [0.4, 0.5) is 5.69 Å². The van der Waals surface area contributed by atoms with E-state index >= 15 is 0 Å². The minimum absolute atomic E-state index is 0.266. The Labute approximate surface area is 115 Å². The highest BCUT2D eigenvalue weighted by Crippen LogP contribution is 2.20. The smallest absolute Gasteiger partial charge is 0.240 e. The Balaban J connectivity index is 2.87. The number of anilines is 1. The molecular formula is C13H22N2O3S. The van der Waals surface area contributed by atoms with Gasteiger partial charge in [0.2, 0.25) is 10.0 Å². The Kier molecular flexibility index (Phi) is 5.78. The molecule has 0 amide bonds. The Hall–Kier alpha value is -1.11. The summed E-state index contributed by atoms with van der Waals surface area (Å²) in [5.74, 6) is 0.356. The van der Waals surface area contributed by atoms with Crippen molar-refractivity contribution in [2.45, 2.75) is 18.7 Å². The van der Waals surface area contributed by atoms with Gasteiger partial charge in [-0.15, -0.1) is 0 Å². The fourth-order valence-corrected chi connectivity index (χ4v) is 2.46. The molecule has 1 aromatic rings. The lowest BCUT2D eigenvalue weighted by Crippen LogP contribution is -2.20. The van der Waals surface area contributed by atoms with Crippen molar-refractivity contribution < 1.29 is 13.2 Å². The molecule has 0 aliphatic rings. The van der Waals surface area contributed by atoms with Gasteiger partial charge in [0.1, 0.15) is 0 Å². The number of rotatable bonds is 7. The normalized spacial score (nSPS) is 13.3. The molecule has 0 aliphatic carbocycles. The number of hydrogen-bond donors (Lipinski definition) is 2. The summed E-state index contributed by atoms with van der Waals surface area (Å²) in [6.45, 7) is 5.41. The van der Waals surface area contributed by atoms with Crippen molar-refractivity contribution in [2.75, 3.05) is 32.6 Å². The molecule has 6 heteroatoms. The third-order valence-electron chi connectivity index (χ3n) is 2.88. The number of methoxy groups -OCH3 is 1. The van der Waals surface area contributed by atoms with Gasteiger partial charge >= 0.3 is 0 Å². The summed E-state index contributed by atoms with van der Waals surface area (Å²) in [4.78, 5) is 0.266. The summed E-state index contributed by atoms with van der Waals surface area (Å²) in [6.07, 6.45) is 0. The molecular weight excluding hydrogens is 264 g/mol. The number of nitrogens with one attached hydrogen (secondary N) is 2. The van der Waals surface area contributed by atoms with Crippen LogP contribution in [0.5, 0.6) is 0 Å². The molecule has 0 radical (unpaired) electrons. The third-order valence-corrected chi connectivity index (χ3v) is 4.29. The first-order valence-corrected chi connectivity index (χ1v) is 7.66. The minimum Gasteiger partial charge on any atom is -0.384 e. The van der Waals surface area contributed by atoms with E-state index in [-0.39, 0.29) is 4.90 Å². The highest BCUT2D eigenvalue weighted by Gasteiger charge is 2.13. The number of hydrogen-bond acceptors (Lipinski definition) is 4. The van der Waals surface area contributed by atoms with Gasteiger partial charge in [-0.1, -0.05) is 13.0 Å². The molecule has 108 valence electrons. The second-order valence-electron chi connectivity index (χ2n) is 4.63. The fraction of sp³-hybridized carbons (Fsp3) is 0.538. The SMILES string of the molecule is CNS(=O)(=O)c1ccc(C)c(NCC(C)COC)c1. The molecule has 0 fully saturated rings. The van der Waals surface area contributed by atoms with E-state index in [9.17, 15) is 8.42 Å². The standard InChI is InChI=1S/C13H22N2O3S/c1-10(9-18-4)8-15-13-7-12(6-5-11(13)2)19(16,17)14-3/h5-7,10,14-15H,8-9H2,1-4H3. The number of ether oxygens (including phenoxy) is 1. The van der Waals surface area contributed by atoms with Gasteiger partial charge in [0, 0.05) is 19.3 Å². The van der Waals surface area contributed by atoms with E-state index in [4.69, 9.17) is 4.74 Å². The molecule has 5 nitrogen and oxygen atoms in total. The maximum absolute atomic E-state index is 11.7. The number of benzene rings is 1. The van der Waals surface area contributed by atoms with Crippen LogP contribution in [0.25, 0.3) is 0 Å². The molecule has 1 rings (SSSR count).